The molecule has 0 saturated carbocycles. The summed E-state index contributed by atoms with van der Waals surface area (Å²) in [7, 11) is 0. The van der Waals surface area contributed by atoms with Gasteiger partial charge in [-0.05, 0) is 20.8 Å². The van der Waals surface area contributed by atoms with Gasteiger partial charge in [-0.25, -0.2) is 0 Å². The van der Waals surface area contributed by atoms with Crippen LogP contribution in [0.25, 0.3) is 0 Å². The van der Waals surface area contributed by atoms with E-state index < -0.39 is 0 Å². The third-order valence-corrected chi connectivity index (χ3v) is 0.642. The molecule has 0 aromatic carbocycles. The molecule has 0 spiro atoms. The standard InChI is InChI=1S/C7H13O2.U/c1-5-6(8)9-7(2,3)4;/h5H,1-4H3;/q-1;. The zero-order chi connectivity index (χ0) is 7.49. The molecule has 3 heteroatoms. The molecule has 0 rings (SSSR count). The second-order valence-corrected chi connectivity index (χ2v) is 2.82. The van der Waals surface area contributed by atoms with Crippen LogP contribution in [-0.4, -0.2) is 11.6 Å². The average molecular weight is 367 g/mol. The van der Waals surface area contributed by atoms with E-state index in [0.29, 0.717) is 0 Å². The monoisotopic (exact) mass is 367 g/mol. The normalized spacial score (nSPS) is 9.60. The molecule has 0 radical (unpaired) electrons. The fourth-order valence-corrected chi connectivity index (χ4v) is 0.361. The van der Waals surface area contributed by atoms with Crippen LogP contribution in [0.4, 0.5) is 0 Å². The van der Waals surface area contributed by atoms with Crippen LogP contribution in [0.15, 0.2) is 0 Å². The third kappa shape index (κ3) is 8.39. The van der Waals surface area contributed by atoms with E-state index in [-0.39, 0.29) is 42.7 Å². The molecular formula is C7H13O2U-. The van der Waals surface area contributed by atoms with E-state index in [1.54, 1.807) is 6.92 Å². The van der Waals surface area contributed by atoms with Gasteiger partial charge in [-0.1, -0.05) is 0 Å². The maximum absolute atomic E-state index is 10.5. The molecule has 0 amide bonds. The number of hydrogen-bond donors (Lipinski definition) is 0. The minimum Gasteiger partial charge on any atom is -0.483 e. The van der Waals surface area contributed by atoms with Crippen molar-refractivity contribution in [2.24, 2.45) is 0 Å². The Morgan fingerprint density at radius 1 is 1.40 bits per heavy atom. The van der Waals surface area contributed by atoms with E-state index in [9.17, 15) is 4.79 Å². The van der Waals surface area contributed by atoms with Gasteiger partial charge in [0, 0.05) is 31.1 Å². The second-order valence-electron chi connectivity index (χ2n) is 2.82. The Balaban J connectivity index is 0. The average Bonchev–Trinajstić information content (AvgIpc) is 1.62. The van der Waals surface area contributed by atoms with Crippen molar-refractivity contribution in [3.63, 3.8) is 0 Å². The molecule has 10 heavy (non-hydrogen) atoms. The van der Waals surface area contributed by atoms with E-state index >= 15 is 0 Å². The molecule has 2 nitrogen and oxygen atoms in total. The van der Waals surface area contributed by atoms with Gasteiger partial charge < -0.3 is 4.74 Å². The first-order valence-electron chi connectivity index (χ1n) is 2.98. The van der Waals surface area contributed by atoms with E-state index in [1.165, 1.54) is 6.42 Å². The number of esters is 1. The van der Waals surface area contributed by atoms with Crippen molar-refractivity contribution in [1.82, 2.24) is 0 Å². The summed E-state index contributed by atoms with van der Waals surface area (Å²) < 4.78 is 4.89. The van der Waals surface area contributed by atoms with E-state index in [2.05, 4.69) is 0 Å². The maximum atomic E-state index is 10.5. The van der Waals surface area contributed by atoms with Crippen LogP contribution in [0, 0.1) is 37.5 Å². The van der Waals surface area contributed by atoms with Crippen molar-refractivity contribution in [3.8, 4) is 0 Å². The number of rotatable bonds is 1. The van der Waals surface area contributed by atoms with Crippen LogP contribution in [-0.2, 0) is 9.53 Å². The van der Waals surface area contributed by atoms with Gasteiger partial charge in [0.05, 0.1) is 0 Å². The summed E-state index contributed by atoms with van der Waals surface area (Å²) in [6, 6.07) is 0. The molecule has 0 fully saturated rings. The topological polar surface area (TPSA) is 26.3 Å². The fraction of sp³-hybridized carbons (Fsp3) is 0.714. The Kier molecular flexibility index (Phi) is 6.63. The van der Waals surface area contributed by atoms with Crippen molar-refractivity contribution in [2.75, 3.05) is 0 Å². The maximum Gasteiger partial charge on any atom is 0.167 e. The van der Waals surface area contributed by atoms with Gasteiger partial charge in [0.15, 0.2) is 5.97 Å². The van der Waals surface area contributed by atoms with E-state index in [4.69, 9.17) is 4.74 Å². The minimum absolute atomic E-state index is 0. The molecule has 0 N–H and O–H groups in total. The summed E-state index contributed by atoms with van der Waals surface area (Å²) >= 11 is 0. The Hall–Kier alpha value is 0.392. The molecule has 0 aliphatic rings. The van der Waals surface area contributed by atoms with Crippen molar-refractivity contribution in [1.29, 1.82) is 0 Å². The van der Waals surface area contributed by atoms with E-state index in [0.717, 1.165) is 0 Å². The van der Waals surface area contributed by atoms with Gasteiger partial charge in [-0.3, -0.25) is 11.2 Å². The van der Waals surface area contributed by atoms with Gasteiger partial charge in [0.25, 0.3) is 0 Å². The molecule has 0 unspecified atom stereocenters. The van der Waals surface area contributed by atoms with Crippen LogP contribution in [0.5, 0.6) is 0 Å². The minimum atomic E-state index is -0.358. The van der Waals surface area contributed by atoms with Crippen LogP contribution in [0.2, 0.25) is 0 Å². The Bertz CT molecular complexity index is 105. The van der Waals surface area contributed by atoms with Crippen LogP contribution in [0.1, 0.15) is 27.7 Å². The van der Waals surface area contributed by atoms with Crippen LogP contribution >= 0.6 is 0 Å². The van der Waals surface area contributed by atoms with Gasteiger partial charge in [0.2, 0.25) is 0 Å². The molecule has 0 aliphatic heterocycles. The summed E-state index contributed by atoms with van der Waals surface area (Å²) in [5, 5.41) is 0. The summed E-state index contributed by atoms with van der Waals surface area (Å²) in [6.45, 7) is 7.19. The number of hydrogen-bond acceptors (Lipinski definition) is 2. The van der Waals surface area contributed by atoms with Crippen molar-refractivity contribution in [2.45, 2.75) is 33.3 Å². The molecule has 0 atom stereocenters. The largest absolute Gasteiger partial charge is 0.483 e. The quantitative estimate of drug-likeness (QED) is 0.520. The zero-order valence-electron chi connectivity index (χ0n) is 6.89. The molecule has 0 aromatic heterocycles. The predicted molar refractivity (Wildman–Crippen MR) is 35.8 cm³/mol. The fourth-order valence-electron chi connectivity index (χ4n) is 0.361. The van der Waals surface area contributed by atoms with Crippen molar-refractivity contribution < 1.29 is 40.6 Å². The van der Waals surface area contributed by atoms with Crippen molar-refractivity contribution in [3.05, 3.63) is 6.42 Å². The Labute approximate surface area is 86.1 Å². The third-order valence-electron chi connectivity index (χ3n) is 0.642. The Morgan fingerprint density at radius 2 is 1.80 bits per heavy atom. The number of ether oxygens (including phenoxy) is 1. The first kappa shape index (κ1) is 13.0. The number of carbonyl (C=O) groups excluding carboxylic acids is 1. The van der Waals surface area contributed by atoms with Gasteiger partial charge >= 0.3 is 0 Å². The summed E-state index contributed by atoms with van der Waals surface area (Å²) in [4.78, 5) is 10.5. The molecule has 0 aliphatic carbocycles. The molecule has 0 bridgehead atoms. The zero-order valence-corrected chi connectivity index (χ0v) is 11.1. The predicted octanol–water partition coefficient (Wildman–Crippen LogP) is 1.55. The molecule has 0 heterocycles. The molecular weight excluding hydrogens is 354 g/mol. The van der Waals surface area contributed by atoms with Crippen LogP contribution < -0.4 is 0 Å². The first-order valence-corrected chi connectivity index (χ1v) is 2.98. The SMILES string of the molecule is C[CH-]C(=O)OC(C)(C)C.[U]. The molecule has 0 aromatic rings. The Morgan fingerprint density at radius 3 is 1.90 bits per heavy atom. The summed E-state index contributed by atoms with van der Waals surface area (Å²) in [5.41, 5.74) is -0.358. The number of carbonyl (C=O) groups is 1. The van der Waals surface area contributed by atoms with Crippen molar-refractivity contribution >= 4 is 5.97 Å². The summed E-state index contributed by atoms with van der Waals surface area (Å²) in [5.74, 6) is -0.262. The molecule has 0 saturated heterocycles. The second kappa shape index (κ2) is 5.10. The van der Waals surface area contributed by atoms with Gasteiger partial charge in [-0.2, -0.15) is 6.92 Å². The van der Waals surface area contributed by atoms with Crippen LogP contribution in [0.3, 0.4) is 0 Å². The molecule has 58 valence electrons. The van der Waals surface area contributed by atoms with Gasteiger partial charge in [-0.15, -0.1) is 0 Å². The smallest absolute Gasteiger partial charge is 0.167 e. The van der Waals surface area contributed by atoms with Gasteiger partial charge in [0.1, 0.15) is 5.60 Å². The summed E-state index contributed by atoms with van der Waals surface area (Å²) in [6.07, 6.45) is 1.41. The first-order chi connectivity index (χ1) is 3.95. The van der Waals surface area contributed by atoms with E-state index in [1.807, 2.05) is 20.8 Å².